The molecule has 3 aromatic rings. The Morgan fingerprint density at radius 3 is 2.35 bits per heavy atom. The van der Waals surface area contributed by atoms with Gasteiger partial charge in [-0.1, -0.05) is 30.3 Å². The third-order valence-electron chi connectivity index (χ3n) is 2.19. The molecule has 0 bridgehead atoms. The van der Waals surface area contributed by atoms with Crippen LogP contribution in [0, 0.1) is 0 Å². The van der Waals surface area contributed by atoms with E-state index in [0.717, 1.165) is 10.9 Å². The normalized spacial score (nSPS) is 9.65. The summed E-state index contributed by atoms with van der Waals surface area (Å²) in [6, 6.07) is 13.1. The zero-order valence-electron chi connectivity index (χ0n) is 8.96. The standard InChI is InChI=1S/C9H7NO2.C4H4S/c11-9(12)8-5-6-3-1-2-4-7(6)10-8;1-2-4-5-3-1/h1-5,10H,(H,11,12);1-4H. The van der Waals surface area contributed by atoms with Crippen molar-refractivity contribution in [1.29, 1.82) is 0 Å². The number of hydrogen-bond acceptors (Lipinski definition) is 2. The third kappa shape index (κ3) is 2.95. The predicted molar refractivity (Wildman–Crippen MR) is 69.6 cm³/mol. The summed E-state index contributed by atoms with van der Waals surface area (Å²) in [5.41, 5.74) is 1.09. The fourth-order valence-electron chi connectivity index (χ4n) is 1.42. The Morgan fingerprint density at radius 2 is 1.82 bits per heavy atom. The lowest BCUT2D eigenvalue weighted by Crippen LogP contribution is -1.94. The molecule has 0 amide bonds. The summed E-state index contributed by atoms with van der Waals surface area (Å²) in [5, 5.41) is 13.7. The Balaban J connectivity index is 0.000000181. The van der Waals surface area contributed by atoms with Crippen LogP contribution in [0.5, 0.6) is 0 Å². The van der Waals surface area contributed by atoms with E-state index in [-0.39, 0.29) is 5.69 Å². The van der Waals surface area contributed by atoms with Crippen LogP contribution in [0.3, 0.4) is 0 Å². The van der Waals surface area contributed by atoms with E-state index in [1.807, 2.05) is 47.2 Å². The third-order valence-corrected chi connectivity index (χ3v) is 2.81. The lowest BCUT2D eigenvalue weighted by Gasteiger charge is -1.84. The molecule has 0 aliphatic carbocycles. The number of carboxylic acids is 1. The number of carbonyl (C=O) groups is 1. The minimum atomic E-state index is -0.925. The van der Waals surface area contributed by atoms with E-state index in [1.165, 1.54) is 0 Å². The molecule has 0 radical (unpaired) electrons. The molecule has 0 saturated heterocycles. The number of hydrogen-bond donors (Lipinski definition) is 2. The van der Waals surface area contributed by atoms with Gasteiger partial charge in [0.1, 0.15) is 5.69 Å². The van der Waals surface area contributed by atoms with Gasteiger partial charge in [-0.2, -0.15) is 11.3 Å². The number of para-hydroxylation sites is 1. The van der Waals surface area contributed by atoms with Gasteiger partial charge in [0.2, 0.25) is 0 Å². The van der Waals surface area contributed by atoms with Crippen molar-refractivity contribution >= 4 is 28.2 Å². The Morgan fingerprint density at radius 1 is 1.12 bits per heavy atom. The maximum absolute atomic E-state index is 10.5. The van der Waals surface area contributed by atoms with Crippen molar-refractivity contribution in [2.45, 2.75) is 0 Å². The van der Waals surface area contributed by atoms with Crippen molar-refractivity contribution in [3.8, 4) is 0 Å². The minimum Gasteiger partial charge on any atom is -0.477 e. The molecule has 3 rings (SSSR count). The maximum atomic E-state index is 10.5. The maximum Gasteiger partial charge on any atom is 0.352 e. The SMILES string of the molecule is O=C(O)c1cc2ccccc2[nH]1.c1ccsc1. The van der Waals surface area contributed by atoms with Crippen LogP contribution in [0.1, 0.15) is 10.5 Å². The molecule has 0 unspecified atom stereocenters. The Bertz CT molecular complexity index is 548. The Labute approximate surface area is 102 Å². The molecule has 2 aromatic heterocycles. The van der Waals surface area contributed by atoms with Crippen molar-refractivity contribution in [3.63, 3.8) is 0 Å². The lowest BCUT2D eigenvalue weighted by atomic mass is 10.2. The van der Waals surface area contributed by atoms with Gasteiger partial charge in [0, 0.05) is 10.9 Å². The van der Waals surface area contributed by atoms with E-state index in [9.17, 15) is 4.79 Å². The van der Waals surface area contributed by atoms with Crippen LogP contribution in [-0.2, 0) is 0 Å². The van der Waals surface area contributed by atoms with Gasteiger partial charge in [-0.25, -0.2) is 4.79 Å². The molecule has 4 heteroatoms. The van der Waals surface area contributed by atoms with E-state index in [1.54, 1.807) is 17.4 Å². The zero-order valence-corrected chi connectivity index (χ0v) is 9.78. The number of aromatic carboxylic acids is 1. The molecule has 0 aliphatic heterocycles. The van der Waals surface area contributed by atoms with Gasteiger partial charge in [0.15, 0.2) is 0 Å². The second kappa shape index (κ2) is 5.32. The lowest BCUT2D eigenvalue weighted by molar-refractivity contribution is 0.0691. The average Bonchev–Trinajstić information content (AvgIpc) is 3.01. The van der Waals surface area contributed by atoms with Crippen LogP contribution in [0.4, 0.5) is 0 Å². The summed E-state index contributed by atoms with van der Waals surface area (Å²) < 4.78 is 0. The smallest absolute Gasteiger partial charge is 0.352 e. The minimum absolute atomic E-state index is 0.233. The zero-order chi connectivity index (χ0) is 12.1. The average molecular weight is 245 g/mol. The molecule has 2 N–H and O–H groups in total. The second-order valence-corrected chi connectivity index (χ2v) is 4.19. The fourth-order valence-corrected chi connectivity index (χ4v) is 1.87. The van der Waals surface area contributed by atoms with Crippen LogP contribution in [0.2, 0.25) is 0 Å². The largest absolute Gasteiger partial charge is 0.477 e. The van der Waals surface area contributed by atoms with Gasteiger partial charge in [-0.3, -0.25) is 0 Å². The van der Waals surface area contributed by atoms with Crippen molar-refractivity contribution < 1.29 is 9.90 Å². The molecule has 0 saturated carbocycles. The van der Waals surface area contributed by atoms with E-state index >= 15 is 0 Å². The summed E-state index contributed by atoms with van der Waals surface area (Å²) >= 11 is 1.71. The van der Waals surface area contributed by atoms with Crippen molar-refractivity contribution in [1.82, 2.24) is 4.98 Å². The highest BCUT2D eigenvalue weighted by Gasteiger charge is 2.05. The quantitative estimate of drug-likeness (QED) is 0.688. The first kappa shape index (κ1) is 11.4. The van der Waals surface area contributed by atoms with Crippen molar-refractivity contribution in [3.05, 3.63) is 58.9 Å². The van der Waals surface area contributed by atoms with Gasteiger partial charge < -0.3 is 10.1 Å². The molecule has 17 heavy (non-hydrogen) atoms. The van der Waals surface area contributed by atoms with Crippen LogP contribution in [0.25, 0.3) is 10.9 Å². The first-order valence-corrected chi connectivity index (χ1v) is 6.00. The summed E-state index contributed by atoms with van der Waals surface area (Å²) in [5.74, 6) is -0.925. The second-order valence-electron chi connectivity index (χ2n) is 3.37. The molecular formula is C13H11NO2S. The Kier molecular flexibility index (Phi) is 3.57. The summed E-state index contributed by atoms with van der Waals surface area (Å²) in [4.78, 5) is 13.3. The molecule has 0 aliphatic rings. The molecule has 2 heterocycles. The number of fused-ring (bicyclic) bond motifs is 1. The van der Waals surface area contributed by atoms with Gasteiger partial charge >= 0.3 is 5.97 Å². The van der Waals surface area contributed by atoms with Crippen LogP contribution >= 0.6 is 11.3 Å². The molecular weight excluding hydrogens is 234 g/mol. The fraction of sp³-hybridized carbons (Fsp3) is 0. The summed E-state index contributed by atoms with van der Waals surface area (Å²) in [7, 11) is 0. The van der Waals surface area contributed by atoms with Crippen molar-refractivity contribution in [2.24, 2.45) is 0 Å². The number of aromatic amines is 1. The van der Waals surface area contributed by atoms with Crippen LogP contribution < -0.4 is 0 Å². The number of benzene rings is 1. The van der Waals surface area contributed by atoms with E-state index in [4.69, 9.17) is 5.11 Å². The molecule has 86 valence electrons. The van der Waals surface area contributed by atoms with Gasteiger partial charge in [0.25, 0.3) is 0 Å². The van der Waals surface area contributed by atoms with Crippen molar-refractivity contribution in [2.75, 3.05) is 0 Å². The van der Waals surface area contributed by atoms with E-state index < -0.39 is 5.97 Å². The molecule has 0 atom stereocenters. The predicted octanol–water partition coefficient (Wildman–Crippen LogP) is 3.61. The van der Waals surface area contributed by atoms with E-state index in [0.29, 0.717) is 0 Å². The number of thiophene rings is 1. The highest BCUT2D eigenvalue weighted by Crippen LogP contribution is 2.13. The number of carboxylic acid groups (broad SMARTS) is 1. The Hall–Kier alpha value is -2.07. The molecule has 0 spiro atoms. The number of H-pyrrole nitrogens is 1. The summed E-state index contributed by atoms with van der Waals surface area (Å²) in [6.07, 6.45) is 0. The van der Waals surface area contributed by atoms with Crippen LogP contribution in [-0.4, -0.2) is 16.1 Å². The highest BCUT2D eigenvalue weighted by molar-refractivity contribution is 7.07. The topological polar surface area (TPSA) is 53.1 Å². The molecule has 0 fully saturated rings. The number of nitrogens with one attached hydrogen (secondary N) is 1. The summed E-state index contributed by atoms with van der Waals surface area (Å²) in [6.45, 7) is 0. The van der Waals surface area contributed by atoms with Gasteiger partial charge in [-0.05, 0) is 22.9 Å². The molecule has 3 nitrogen and oxygen atoms in total. The molecule has 1 aromatic carbocycles. The van der Waals surface area contributed by atoms with Gasteiger partial charge in [-0.15, -0.1) is 0 Å². The number of rotatable bonds is 1. The monoisotopic (exact) mass is 245 g/mol. The first-order valence-electron chi connectivity index (χ1n) is 5.05. The first-order chi connectivity index (χ1) is 8.27. The highest BCUT2D eigenvalue weighted by atomic mass is 32.1. The number of aromatic nitrogens is 1. The van der Waals surface area contributed by atoms with Gasteiger partial charge in [0.05, 0.1) is 0 Å². The van der Waals surface area contributed by atoms with Crippen LogP contribution in [0.15, 0.2) is 53.2 Å². The van der Waals surface area contributed by atoms with E-state index in [2.05, 4.69) is 4.98 Å².